The molecular weight excluding hydrogens is 218 g/mol. The second-order valence-corrected chi connectivity index (χ2v) is 3.64. The summed E-state index contributed by atoms with van der Waals surface area (Å²) < 4.78 is 1.68. The van der Waals surface area contributed by atoms with Crippen LogP contribution in [-0.4, -0.2) is 24.7 Å². The first kappa shape index (κ1) is 11.5. The van der Waals surface area contributed by atoms with Gasteiger partial charge < -0.3 is 5.43 Å². The van der Waals surface area contributed by atoms with Crippen molar-refractivity contribution in [3.63, 3.8) is 0 Å². The Balaban J connectivity index is 2.54. The molecule has 0 bridgehead atoms. The standard InChI is InChI=1S/C10H15N7/c1-4-8-13-9(15-11)5-10(14-8)17-7(3)12-6(2)16-17/h5H,4,11H2,1-3H3,(H,13,14,15). The molecule has 2 aromatic rings. The summed E-state index contributed by atoms with van der Waals surface area (Å²) in [6.45, 7) is 5.70. The van der Waals surface area contributed by atoms with Crippen LogP contribution in [0.5, 0.6) is 0 Å². The van der Waals surface area contributed by atoms with E-state index >= 15 is 0 Å². The zero-order valence-corrected chi connectivity index (χ0v) is 10.1. The van der Waals surface area contributed by atoms with Crippen molar-refractivity contribution in [2.75, 3.05) is 5.43 Å². The Labute approximate surface area is 99.1 Å². The predicted octanol–water partition coefficient (Wildman–Crippen LogP) is 0.522. The van der Waals surface area contributed by atoms with E-state index in [2.05, 4.69) is 25.5 Å². The van der Waals surface area contributed by atoms with Crippen molar-refractivity contribution in [1.29, 1.82) is 0 Å². The van der Waals surface area contributed by atoms with Crippen LogP contribution in [0.2, 0.25) is 0 Å². The molecule has 2 rings (SSSR count). The summed E-state index contributed by atoms with van der Waals surface area (Å²) >= 11 is 0. The highest BCUT2D eigenvalue weighted by Crippen LogP contribution is 2.11. The van der Waals surface area contributed by atoms with Crippen molar-refractivity contribution >= 4 is 5.82 Å². The van der Waals surface area contributed by atoms with Gasteiger partial charge in [-0.1, -0.05) is 6.92 Å². The number of nitrogens with two attached hydrogens (primary N) is 1. The van der Waals surface area contributed by atoms with Crippen LogP contribution in [0.25, 0.3) is 5.82 Å². The van der Waals surface area contributed by atoms with Crippen molar-refractivity contribution in [2.45, 2.75) is 27.2 Å². The third-order valence-electron chi connectivity index (χ3n) is 2.31. The molecule has 90 valence electrons. The number of nitrogens with one attached hydrogen (secondary N) is 1. The van der Waals surface area contributed by atoms with E-state index in [-0.39, 0.29) is 0 Å². The lowest BCUT2D eigenvalue weighted by atomic mass is 10.4. The van der Waals surface area contributed by atoms with Crippen LogP contribution in [0, 0.1) is 13.8 Å². The van der Waals surface area contributed by atoms with Gasteiger partial charge >= 0.3 is 0 Å². The molecule has 0 atom stereocenters. The molecule has 17 heavy (non-hydrogen) atoms. The van der Waals surface area contributed by atoms with Gasteiger partial charge in [-0.15, -0.1) is 5.10 Å². The van der Waals surface area contributed by atoms with E-state index in [0.29, 0.717) is 23.3 Å². The number of hydrogen-bond acceptors (Lipinski definition) is 6. The summed E-state index contributed by atoms with van der Waals surface area (Å²) in [5.74, 6) is 8.82. The molecule has 0 aliphatic carbocycles. The van der Waals surface area contributed by atoms with Gasteiger partial charge in [0, 0.05) is 12.5 Å². The Bertz CT molecular complexity index is 509. The monoisotopic (exact) mass is 233 g/mol. The van der Waals surface area contributed by atoms with E-state index in [9.17, 15) is 0 Å². The summed E-state index contributed by atoms with van der Waals surface area (Å²) in [5.41, 5.74) is 2.53. The number of nitrogens with zero attached hydrogens (tertiary/aromatic N) is 5. The van der Waals surface area contributed by atoms with Gasteiger partial charge in [0.2, 0.25) is 0 Å². The molecule has 0 saturated carbocycles. The molecule has 0 spiro atoms. The van der Waals surface area contributed by atoms with Crippen LogP contribution in [0.4, 0.5) is 5.82 Å². The van der Waals surface area contributed by atoms with Crippen LogP contribution in [0.1, 0.15) is 24.4 Å². The summed E-state index contributed by atoms with van der Waals surface area (Å²) in [5, 5.41) is 4.28. The number of rotatable bonds is 3. The number of hydrogen-bond donors (Lipinski definition) is 2. The third kappa shape index (κ3) is 2.23. The molecule has 2 aromatic heterocycles. The second-order valence-electron chi connectivity index (χ2n) is 3.64. The van der Waals surface area contributed by atoms with E-state index in [1.54, 1.807) is 10.7 Å². The van der Waals surface area contributed by atoms with Crippen LogP contribution in [0.3, 0.4) is 0 Å². The van der Waals surface area contributed by atoms with E-state index in [4.69, 9.17) is 5.84 Å². The van der Waals surface area contributed by atoms with E-state index in [0.717, 1.165) is 12.2 Å². The molecule has 7 nitrogen and oxygen atoms in total. The van der Waals surface area contributed by atoms with Crippen molar-refractivity contribution in [1.82, 2.24) is 24.7 Å². The Hall–Kier alpha value is -2.02. The summed E-state index contributed by atoms with van der Waals surface area (Å²) in [6, 6.07) is 1.74. The Morgan fingerprint density at radius 2 is 2.06 bits per heavy atom. The number of hydrazine groups is 1. The molecule has 0 unspecified atom stereocenters. The average Bonchev–Trinajstić information content (AvgIpc) is 2.67. The van der Waals surface area contributed by atoms with Crippen molar-refractivity contribution in [2.24, 2.45) is 5.84 Å². The maximum Gasteiger partial charge on any atom is 0.161 e. The van der Waals surface area contributed by atoms with Crippen LogP contribution in [-0.2, 0) is 6.42 Å². The number of anilines is 1. The summed E-state index contributed by atoms with van der Waals surface area (Å²) in [7, 11) is 0. The van der Waals surface area contributed by atoms with Gasteiger partial charge in [-0.25, -0.2) is 20.8 Å². The van der Waals surface area contributed by atoms with Crippen LogP contribution in [0.15, 0.2) is 6.07 Å². The highest BCUT2D eigenvalue weighted by Gasteiger charge is 2.09. The smallest absolute Gasteiger partial charge is 0.161 e. The molecule has 2 heterocycles. The molecule has 3 N–H and O–H groups in total. The Morgan fingerprint density at radius 3 is 2.59 bits per heavy atom. The zero-order chi connectivity index (χ0) is 12.4. The van der Waals surface area contributed by atoms with E-state index < -0.39 is 0 Å². The first-order valence-electron chi connectivity index (χ1n) is 5.39. The van der Waals surface area contributed by atoms with Gasteiger partial charge in [-0.2, -0.15) is 4.68 Å². The van der Waals surface area contributed by atoms with Gasteiger partial charge in [0.1, 0.15) is 23.3 Å². The quantitative estimate of drug-likeness (QED) is 0.593. The lowest BCUT2D eigenvalue weighted by Gasteiger charge is -2.07. The summed E-state index contributed by atoms with van der Waals surface area (Å²) in [6.07, 6.45) is 0.731. The van der Waals surface area contributed by atoms with Crippen molar-refractivity contribution in [3.05, 3.63) is 23.5 Å². The van der Waals surface area contributed by atoms with Gasteiger partial charge in [-0.3, -0.25) is 0 Å². The van der Waals surface area contributed by atoms with Crippen LogP contribution >= 0.6 is 0 Å². The fourth-order valence-corrected chi connectivity index (χ4v) is 1.56. The first-order chi connectivity index (χ1) is 8.13. The van der Waals surface area contributed by atoms with Gasteiger partial charge in [0.15, 0.2) is 5.82 Å². The fraction of sp³-hybridized carbons (Fsp3) is 0.400. The fourth-order valence-electron chi connectivity index (χ4n) is 1.56. The van der Waals surface area contributed by atoms with Gasteiger partial charge in [0.05, 0.1) is 0 Å². The highest BCUT2D eigenvalue weighted by atomic mass is 15.4. The Kier molecular flexibility index (Phi) is 3.01. The zero-order valence-electron chi connectivity index (χ0n) is 10.1. The van der Waals surface area contributed by atoms with Crippen LogP contribution < -0.4 is 11.3 Å². The highest BCUT2D eigenvalue weighted by molar-refractivity contribution is 5.40. The maximum atomic E-state index is 5.38. The molecule has 0 saturated heterocycles. The topological polar surface area (TPSA) is 94.5 Å². The van der Waals surface area contributed by atoms with E-state index in [1.165, 1.54) is 0 Å². The van der Waals surface area contributed by atoms with Gasteiger partial charge in [0.25, 0.3) is 0 Å². The van der Waals surface area contributed by atoms with Crippen molar-refractivity contribution in [3.8, 4) is 5.82 Å². The molecule has 0 aromatic carbocycles. The molecule has 0 radical (unpaired) electrons. The summed E-state index contributed by atoms with van der Waals surface area (Å²) in [4.78, 5) is 12.9. The number of nitrogen functional groups attached to an aromatic ring is 1. The molecule has 7 heteroatoms. The van der Waals surface area contributed by atoms with Gasteiger partial charge in [-0.05, 0) is 13.8 Å². The Morgan fingerprint density at radius 1 is 1.29 bits per heavy atom. The third-order valence-corrected chi connectivity index (χ3v) is 2.31. The molecule has 0 amide bonds. The lowest BCUT2D eigenvalue weighted by Crippen LogP contribution is -2.13. The second kappa shape index (κ2) is 4.46. The average molecular weight is 233 g/mol. The maximum absolute atomic E-state index is 5.38. The van der Waals surface area contributed by atoms with Crippen molar-refractivity contribution < 1.29 is 0 Å². The molecule has 0 aliphatic rings. The minimum Gasteiger partial charge on any atom is -0.308 e. The predicted molar refractivity (Wildman–Crippen MR) is 63.6 cm³/mol. The molecule has 0 fully saturated rings. The largest absolute Gasteiger partial charge is 0.308 e. The minimum absolute atomic E-state index is 0.569. The van der Waals surface area contributed by atoms with E-state index in [1.807, 2.05) is 20.8 Å². The molecule has 0 aliphatic heterocycles. The number of aromatic nitrogens is 5. The number of aryl methyl sites for hydroxylation is 3. The molecular formula is C10H15N7. The SMILES string of the molecule is CCc1nc(NN)cc(-n2nc(C)nc2C)n1. The lowest BCUT2D eigenvalue weighted by molar-refractivity contribution is 0.781. The first-order valence-corrected chi connectivity index (χ1v) is 5.39. The normalized spacial score (nSPS) is 10.6. The minimum atomic E-state index is 0.569.